The molecule has 0 unspecified atom stereocenters. The number of halogens is 2. The third kappa shape index (κ3) is 4.73. The van der Waals surface area contributed by atoms with Gasteiger partial charge in [0.2, 0.25) is 5.96 Å². The first-order valence-corrected chi connectivity index (χ1v) is 8.68. The van der Waals surface area contributed by atoms with Crippen LogP contribution in [0.1, 0.15) is 19.4 Å². The lowest BCUT2D eigenvalue weighted by atomic mass is 10.2. The summed E-state index contributed by atoms with van der Waals surface area (Å²) < 4.78 is 19.6. The van der Waals surface area contributed by atoms with Gasteiger partial charge in [-0.05, 0) is 43.7 Å². The number of anilines is 1. The van der Waals surface area contributed by atoms with E-state index in [1.54, 1.807) is 12.1 Å². The van der Waals surface area contributed by atoms with Gasteiger partial charge in [0.05, 0.1) is 6.10 Å². The van der Waals surface area contributed by atoms with Crippen LogP contribution in [0.5, 0.6) is 5.75 Å². The van der Waals surface area contributed by atoms with Crippen molar-refractivity contribution < 1.29 is 9.13 Å². The Morgan fingerprint density at radius 2 is 2.00 bits per heavy atom. The molecule has 2 aromatic carbocycles. The summed E-state index contributed by atoms with van der Waals surface area (Å²) in [5.74, 6) is 0.417. The molecule has 0 aromatic heterocycles. The number of hydrogen-bond donors (Lipinski definition) is 1. The van der Waals surface area contributed by atoms with Gasteiger partial charge in [-0.1, -0.05) is 23.7 Å². The maximum atomic E-state index is 14.2. The van der Waals surface area contributed by atoms with Crippen molar-refractivity contribution in [2.75, 3.05) is 12.0 Å². The number of aliphatic imine (C=N–C) groups is 2. The molecule has 26 heavy (non-hydrogen) atoms. The molecule has 7 heteroatoms. The SMILES string of the molecule is CC(C)Oc1ccc(NC2=NC=NCN2Cc2ccc(Cl)cc2)cc1F. The molecule has 0 radical (unpaired) electrons. The number of benzene rings is 2. The Hall–Kier alpha value is -2.60. The highest BCUT2D eigenvalue weighted by Gasteiger charge is 2.15. The number of nitrogens with zero attached hydrogens (tertiary/aromatic N) is 3. The van der Waals surface area contributed by atoms with E-state index >= 15 is 0 Å². The highest BCUT2D eigenvalue weighted by molar-refractivity contribution is 6.30. The molecule has 136 valence electrons. The molecule has 0 aliphatic carbocycles. The fraction of sp³-hybridized carbons (Fsp3) is 0.263. The average Bonchev–Trinajstić information content (AvgIpc) is 2.61. The van der Waals surface area contributed by atoms with E-state index in [-0.39, 0.29) is 11.9 Å². The first kappa shape index (κ1) is 18.2. The highest BCUT2D eigenvalue weighted by atomic mass is 35.5. The molecular formula is C19H20ClFN4O. The molecule has 0 fully saturated rings. The summed E-state index contributed by atoms with van der Waals surface area (Å²) in [6, 6.07) is 12.4. The van der Waals surface area contributed by atoms with E-state index in [2.05, 4.69) is 15.3 Å². The topological polar surface area (TPSA) is 49.2 Å². The van der Waals surface area contributed by atoms with Crippen LogP contribution in [0.3, 0.4) is 0 Å². The van der Waals surface area contributed by atoms with Crippen molar-refractivity contribution in [1.82, 2.24) is 4.90 Å². The first-order chi connectivity index (χ1) is 12.5. The Labute approximate surface area is 157 Å². The predicted molar refractivity (Wildman–Crippen MR) is 104 cm³/mol. The van der Waals surface area contributed by atoms with Gasteiger partial charge < -0.3 is 15.0 Å². The molecule has 3 rings (SSSR count). The van der Waals surface area contributed by atoms with Crippen molar-refractivity contribution in [3.8, 4) is 5.75 Å². The summed E-state index contributed by atoms with van der Waals surface area (Å²) in [6.45, 7) is 4.79. The van der Waals surface area contributed by atoms with E-state index in [0.29, 0.717) is 29.9 Å². The lowest BCUT2D eigenvalue weighted by molar-refractivity contribution is 0.231. The number of hydrogen-bond acceptors (Lipinski definition) is 5. The summed E-state index contributed by atoms with van der Waals surface area (Å²) in [5, 5.41) is 3.84. The van der Waals surface area contributed by atoms with Gasteiger partial charge in [-0.3, -0.25) is 4.99 Å². The monoisotopic (exact) mass is 374 g/mol. The van der Waals surface area contributed by atoms with Crippen LogP contribution in [-0.4, -0.2) is 30.0 Å². The summed E-state index contributed by atoms with van der Waals surface area (Å²) in [5.41, 5.74) is 1.67. The first-order valence-electron chi connectivity index (χ1n) is 8.30. The fourth-order valence-electron chi connectivity index (χ4n) is 2.48. The molecule has 0 saturated heterocycles. The van der Waals surface area contributed by atoms with Gasteiger partial charge in [0.15, 0.2) is 11.6 Å². The molecule has 0 saturated carbocycles. The third-order valence-electron chi connectivity index (χ3n) is 3.65. The van der Waals surface area contributed by atoms with Crippen LogP contribution in [0.4, 0.5) is 10.1 Å². The van der Waals surface area contributed by atoms with Gasteiger partial charge in [-0.15, -0.1) is 0 Å². The molecule has 1 aliphatic rings. The minimum atomic E-state index is -0.418. The van der Waals surface area contributed by atoms with Crippen molar-refractivity contribution in [2.45, 2.75) is 26.5 Å². The third-order valence-corrected chi connectivity index (χ3v) is 3.90. The van der Waals surface area contributed by atoms with Gasteiger partial charge in [-0.25, -0.2) is 9.38 Å². The van der Waals surface area contributed by atoms with Crippen LogP contribution < -0.4 is 10.1 Å². The molecule has 1 heterocycles. The lowest BCUT2D eigenvalue weighted by Gasteiger charge is -2.27. The van der Waals surface area contributed by atoms with Crippen LogP contribution in [0, 0.1) is 5.82 Å². The van der Waals surface area contributed by atoms with E-state index in [9.17, 15) is 4.39 Å². The van der Waals surface area contributed by atoms with Gasteiger partial charge in [0.25, 0.3) is 0 Å². The van der Waals surface area contributed by atoms with E-state index in [4.69, 9.17) is 16.3 Å². The predicted octanol–water partition coefficient (Wildman–Crippen LogP) is 4.54. The molecule has 5 nitrogen and oxygen atoms in total. The van der Waals surface area contributed by atoms with Crippen LogP contribution in [-0.2, 0) is 6.54 Å². The van der Waals surface area contributed by atoms with Gasteiger partial charge in [-0.2, -0.15) is 0 Å². The van der Waals surface area contributed by atoms with E-state index < -0.39 is 5.82 Å². The quantitative estimate of drug-likeness (QED) is 0.836. The van der Waals surface area contributed by atoms with Crippen molar-refractivity contribution in [3.63, 3.8) is 0 Å². The fourth-order valence-corrected chi connectivity index (χ4v) is 2.61. The smallest absolute Gasteiger partial charge is 0.206 e. The Kier molecular flexibility index (Phi) is 5.73. The molecule has 0 amide bonds. The van der Waals surface area contributed by atoms with E-state index in [1.807, 2.05) is 43.0 Å². The lowest BCUT2D eigenvalue weighted by Crippen LogP contribution is -2.38. The minimum absolute atomic E-state index is 0.0860. The van der Waals surface area contributed by atoms with E-state index in [1.165, 1.54) is 12.4 Å². The van der Waals surface area contributed by atoms with Crippen molar-refractivity contribution >= 4 is 29.6 Å². The van der Waals surface area contributed by atoms with Crippen LogP contribution in [0.2, 0.25) is 5.02 Å². The van der Waals surface area contributed by atoms with E-state index in [0.717, 1.165) is 5.56 Å². The number of ether oxygens (including phenoxy) is 1. The van der Waals surface area contributed by atoms with Crippen molar-refractivity contribution in [2.24, 2.45) is 9.98 Å². The van der Waals surface area contributed by atoms with Crippen LogP contribution in [0.15, 0.2) is 52.4 Å². The Morgan fingerprint density at radius 3 is 2.69 bits per heavy atom. The van der Waals surface area contributed by atoms with Gasteiger partial charge in [0, 0.05) is 23.3 Å². The largest absolute Gasteiger partial charge is 0.488 e. The molecular weight excluding hydrogens is 355 g/mol. The van der Waals surface area contributed by atoms with Crippen LogP contribution in [0.25, 0.3) is 0 Å². The zero-order valence-corrected chi connectivity index (χ0v) is 15.4. The Morgan fingerprint density at radius 1 is 1.23 bits per heavy atom. The highest BCUT2D eigenvalue weighted by Crippen LogP contribution is 2.23. The summed E-state index contributed by atoms with van der Waals surface area (Å²) in [6.07, 6.45) is 1.41. The zero-order valence-electron chi connectivity index (χ0n) is 14.6. The molecule has 1 aliphatic heterocycles. The minimum Gasteiger partial charge on any atom is -0.488 e. The molecule has 1 N–H and O–H groups in total. The molecule has 2 aromatic rings. The summed E-state index contributed by atoms with van der Waals surface area (Å²) in [7, 11) is 0. The summed E-state index contributed by atoms with van der Waals surface area (Å²) in [4.78, 5) is 10.4. The van der Waals surface area contributed by atoms with Crippen molar-refractivity contribution in [1.29, 1.82) is 0 Å². The standard InChI is InChI=1S/C19H20ClFN4O/c1-13(2)26-18-8-7-16(9-17(18)21)24-19-23-11-22-12-25(19)10-14-3-5-15(20)6-4-14/h3-9,11,13H,10,12H2,1-2H3,(H,22,23,24). The molecule has 0 bridgehead atoms. The zero-order chi connectivity index (χ0) is 18.5. The Bertz CT molecular complexity index is 821. The van der Waals surface area contributed by atoms with Gasteiger partial charge >= 0.3 is 0 Å². The molecule has 0 atom stereocenters. The number of nitrogens with one attached hydrogen (secondary N) is 1. The number of guanidine groups is 1. The normalized spacial score (nSPS) is 13.7. The second kappa shape index (κ2) is 8.19. The van der Waals surface area contributed by atoms with Crippen molar-refractivity contribution in [3.05, 3.63) is 58.9 Å². The van der Waals surface area contributed by atoms with Gasteiger partial charge in [0.1, 0.15) is 13.0 Å². The second-order valence-corrected chi connectivity index (χ2v) is 6.59. The van der Waals surface area contributed by atoms with Crippen LogP contribution >= 0.6 is 11.6 Å². The summed E-state index contributed by atoms with van der Waals surface area (Å²) >= 11 is 5.93. The maximum Gasteiger partial charge on any atom is 0.206 e. The Balaban J connectivity index is 1.72. The second-order valence-electron chi connectivity index (χ2n) is 6.15. The maximum absolute atomic E-state index is 14.2. The number of rotatable bonds is 5. The average molecular weight is 375 g/mol. The molecule has 0 spiro atoms.